The van der Waals surface area contributed by atoms with E-state index in [9.17, 15) is 18.5 Å². The van der Waals surface area contributed by atoms with Crippen molar-refractivity contribution >= 4 is 27.3 Å². The van der Waals surface area contributed by atoms with Crippen LogP contribution in [0, 0.1) is 11.3 Å². The Morgan fingerprint density at radius 2 is 1.55 bits per heavy atom. The van der Waals surface area contributed by atoms with Crippen LogP contribution in [-0.4, -0.2) is 26.4 Å². The summed E-state index contributed by atoms with van der Waals surface area (Å²) in [4.78, 5) is 15.2. The monoisotopic (exact) mass is 552 g/mol. The van der Waals surface area contributed by atoms with Gasteiger partial charge < -0.3 is 10.2 Å². The van der Waals surface area contributed by atoms with Crippen molar-refractivity contribution in [1.29, 1.82) is 5.26 Å². The van der Waals surface area contributed by atoms with Crippen LogP contribution in [0.4, 0.5) is 11.4 Å². The highest BCUT2D eigenvalue weighted by molar-refractivity contribution is 7.89. The zero-order valence-electron chi connectivity index (χ0n) is 22.8. The van der Waals surface area contributed by atoms with Crippen LogP contribution in [0.15, 0.2) is 108 Å². The van der Waals surface area contributed by atoms with Crippen LogP contribution in [0.3, 0.4) is 0 Å². The summed E-state index contributed by atoms with van der Waals surface area (Å²) in [6, 6.07) is 33.1. The minimum Gasteiger partial charge on any atom is -0.358 e. The predicted molar refractivity (Wildman–Crippen MR) is 159 cm³/mol. The lowest BCUT2D eigenvalue weighted by Gasteiger charge is -2.25. The van der Waals surface area contributed by atoms with Crippen LogP contribution in [0.5, 0.6) is 0 Å². The first kappa shape index (κ1) is 28.6. The zero-order chi connectivity index (χ0) is 28.8. The van der Waals surface area contributed by atoms with E-state index in [4.69, 9.17) is 0 Å². The Kier molecular flexibility index (Phi) is 8.68. The fourth-order valence-corrected chi connectivity index (χ4v) is 5.97. The van der Waals surface area contributed by atoms with Gasteiger partial charge in [0.1, 0.15) is 0 Å². The molecule has 0 bridgehead atoms. The summed E-state index contributed by atoms with van der Waals surface area (Å²) >= 11 is 0. The first-order chi connectivity index (χ1) is 19.0. The van der Waals surface area contributed by atoms with Crippen LogP contribution in [0.1, 0.15) is 31.9 Å². The Morgan fingerprint density at radius 1 is 0.875 bits per heavy atom. The van der Waals surface area contributed by atoms with Gasteiger partial charge in [0.2, 0.25) is 15.9 Å². The quantitative estimate of drug-likeness (QED) is 0.267. The van der Waals surface area contributed by atoms with Crippen LogP contribution in [-0.2, 0) is 21.4 Å². The molecule has 0 fully saturated rings. The van der Waals surface area contributed by atoms with Gasteiger partial charge in [-0.15, -0.1) is 0 Å². The summed E-state index contributed by atoms with van der Waals surface area (Å²) in [5, 5.41) is 12.3. The number of carbonyl (C=O) groups excluding carboxylic acids is 1. The van der Waals surface area contributed by atoms with E-state index in [-0.39, 0.29) is 17.3 Å². The topological polar surface area (TPSA) is 102 Å². The van der Waals surface area contributed by atoms with E-state index in [0.717, 1.165) is 11.3 Å². The summed E-state index contributed by atoms with van der Waals surface area (Å²) in [7, 11) is -3.74. The number of nitrogens with one attached hydrogen (secondary N) is 2. The van der Waals surface area contributed by atoms with Crippen molar-refractivity contribution in [3.8, 4) is 17.2 Å². The minimum absolute atomic E-state index is 0.0745. The fourth-order valence-electron chi connectivity index (χ4n) is 4.32. The van der Waals surface area contributed by atoms with Crippen molar-refractivity contribution in [2.24, 2.45) is 0 Å². The lowest BCUT2D eigenvalue weighted by molar-refractivity contribution is -0.115. The number of sulfonamides is 1. The molecular weight excluding hydrogens is 520 g/mol. The molecule has 0 spiro atoms. The van der Waals surface area contributed by atoms with Crippen LogP contribution >= 0.6 is 0 Å². The standard InChI is InChI=1S/C32H32N4O3S/c1-32(2,3)35-40(38,39)30-15-8-7-14-29(30)26-16-18-27(19-17-26)34-31(37)23-36(22-24-10-5-4-6-11-24)28-13-9-12-25(20-28)21-33/h4-20,35H,22-23H2,1-3H3,(H,34,37). The summed E-state index contributed by atoms with van der Waals surface area (Å²) < 4.78 is 28.8. The molecule has 0 aliphatic carbocycles. The maximum absolute atomic E-state index is 13.1. The summed E-state index contributed by atoms with van der Waals surface area (Å²) in [5.41, 5.74) is 3.59. The molecular formula is C32H32N4O3S. The highest BCUT2D eigenvalue weighted by Crippen LogP contribution is 2.29. The second-order valence-electron chi connectivity index (χ2n) is 10.5. The van der Waals surface area contributed by atoms with E-state index < -0.39 is 15.6 Å². The Hall–Kier alpha value is -4.45. The van der Waals surface area contributed by atoms with Crippen LogP contribution in [0.25, 0.3) is 11.1 Å². The normalized spacial score (nSPS) is 11.4. The SMILES string of the molecule is CC(C)(C)NS(=O)(=O)c1ccccc1-c1ccc(NC(=O)CN(Cc2ccccc2)c2cccc(C#N)c2)cc1. The maximum atomic E-state index is 13.1. The van der Waals surface area contributed by atoms with Gasteiger partial charge in [-0.3, -0.25) is 4.79 Å². The Balaban J connectivity index is 1.52. The molecule has 1 amide bonds. The van der Waals surface area contributed by atoms with E-state index in [1.807, 2.05) is 41.3 Å². The van der Waals surface area contributed by atoms with Gasteiger partial charge in [0.05, 0.1) is 23.1 Å². The largest absolute Gasteiger partial charge is 0.358 e. The number of rotatable bonds is 9. The lowest BCUT2D eigenvalue weighted by atomic mass is 10.1. The van der Waals surface area contributed by atoms with Gasteiger partial charge in [0.15, 0.2) is 0 Å². The van der Waals surface area contributed by atoms with Gasteiger partial charge in [0, 0.05) is 29.0 Å². The Morgan fingerprint density at radius 3 is 2.23 bits per heavy atom. The summed E-state index contributed by atoms with van der Waals surface area (Å²) in [6.07, 6.45) is 0. The van der Waals surface area contributed by atoms with Crippen LogP contribution < -0.4 is 14.9 Å². The second kappa shape index (κ2) is 12.2. The molecule has 0 saturated heterocycles. The third-order valence-electron chi connectivity index (χ3n) is 5.99. The highest BCUT2D eigenvalue weighted by atomic mass is 32.2. The van der Waals surface area contributed by atoms with Crippen molar-refractivity contribution in [2.45, 2.75) is 37.8 Å². The van der Waals surface area contributed by atoms with Gasteiger partial charge >= 0.3 is 0 Å². The molecule has 40 heavy (non-hydrogen) atoms. The molecule has 2 N–H and O–H groups in total. The molecule has 204 valence electrons. The third-order valence-corrected chi connectivity index (χ3v) is 7.80. The summed E-state index contributed by atoms with van der Waals surface area (Å²) in [5.74, 6) is -0.219. The van der Waals surface area contributed by atoms with Crippen molar-refractivity contribution in [1.82, 2.24) is 4.72 Å². The van der Waals surface area contributed by atoms with Crippen LogP contribution in [0.2, 0.25) is 0 Å². The van der Waals surface area contributed by atoms with E-state index in [1.165, 1.54) is 0 Å². The maximum Gasteiger partial charge on any atom is 0.243 e. The number of nitriles is 1. The molecule has 4 aromatic rings. The lowest BCUT2D eigenvalue weighted by Crippen LogP contribution is -2.40. The van der Waals surface area contributed by atoms with Gasteiger partial charge in [0.25, 0.3) is 0 Å². The third kappa shape index (κ3) is 7.56. The number of benzene rings is 4. The average molecular weight is 553 g/mol. The van der Waals surface area contributed by atoms with Gasteiger partial charge in [-0.2, -0.15) is 5.26 Å². The molecule has 7 nitrogen and oxygen atoms in total. The number of amides is 1. The second-order valence-corrected chi connectivity index (χ2v) is 12.1. The van der Waals surface area contributed by atoms with Crippen molar-refractivity contribution in [3.63, 3.8) is 0 Å². The Labute approximate surface area is 236 Å². The molecule has 0 aromatic heterocycles. The number of hydrogen-bond acceptors (Lipinski definition) is 5. The fraction of sp³-hybridized carbons (Fsp3) is 0.188. The van der Waals surface area contributed by atoms with Gasteiger partial charge in [-0.1, -0.05) is 66.7 Å². The average Bonchev–Trinajstić information content (AvgIpc) is 2.92. The van der Waals surface area contributed by atoms with E-state index in [2.05, 4.69) is 16.1 Å². The molecule has 8 heteroatoms. The summed E-state index contributed by atoms with van der Waals surface area (Å²) in [6.45, 7) is 5.96. The molecule has 0 heterocycles. The predicted octanol–water partition coefficient (Wildman–Crippen LogP) is 5.95. The molecule has 0 saturated carbocycles. The minimum atomic E-state index is -3.74. The molecule has 0 unspecified atom stereocenters. The number of hydrogen-bond donors (Lipinski definition) is 2. The first-order valence-corrected chi connectivity index (χ1v) is 14.3. The number of carbonyl (C=O) groups is 1. The number of nitrogens with zero attached hydrogens (tertiary/aromatic N) is 2. The highest BCUT2D eigenvalue weighted by Gasteiger charge is 2.24. The van der Waals surface area contributed by atoms with E-state index in [0.29, 0.717) is 28.9 Å². The molecule has 4 rings (SSSR count). The molecule has 4 aromatic carbocycles. The first-order valence-electron chi connectivity index (χ1n) is 12.9. The van der Waals surface area contributed by atoms with Crippen molar-refractivity contribution < 1.29 is 13.2 Å². The van der Waals surface area contributed by atoms with Crippen molar-refractivity contribution in [2.75, 3.05) is 16.8 Å². The van der Waals surface area contributed by atoms with E-state index in [1.54, 1.807) is 87.5 Å². The van der Waals surface area contributed by atoms with Crippen molar-refractivity contribution in [3.05, 3.63) is 114 Å². The van der Waals surface area contributed by atoms with Gasteiger partial charge in [-0.05, 0) is 68.3 Å². The van der Waals surface area contributed by atoms with E-state index >= 15 is 0 Å². The molecule has 0 aliphatic heterocycles. The zero-order valence-corrected chi connectivity index (χ0v) is 23.6. The molecule has 0 radical (unpaired) electrons. The smallest absolute Gasteiger partial charge is 0.243 e. The Bertz CT molecular complexity index is 1620. The number of anilines is 2. The van der Waals surface area contributed by atoms with Gasteiger partial charge in [-0.25, -0.2) is 13.1 Å². The molecule has 0 atom stereocenters. The molecule has 0 aliphatic rings.